The minimum Gasteiger partial charge on any atom is -0.382 e. The highest BCUT2D eigenvalue weighted by Gasteiger charge is 2.24. The molecule has 1 aromatic rings. The van der Waals surface area contributed by atoms with Crippen molar-refractivity contribution in [2.75, 3.05) is 53.1 Å². The molecular weight excluding hydrogens is 296 g/mol. The summed E-state index contributed by atoms with van der Waals surface area (Å²) in [4.78, 5) is 28.0. The van der Waals surface area contributed by atoms with E-state index in [1.807, 2.05) is 31.2 Å². The minimum absolute atomic E-state index is 0.0217. The number of methoxy groups -OCH3 is 1. The van der Waals surface area contributed by atoms with Crippen molar-refractivity contribution in [1.82, 2.24) is 9.80 Å². The van der Waals surface area contributed by atoms with Gasteiger partial charge in [0.15, 0.2) is 0 Å². The maximum atomic E-state index is 12.4. The van der Waals surface area contributed by atoms with Crippen molar-refractivity contribution in [2.45, 2.75) is 6.92 Å². The maximum absolute atomic E-state index is 12.4. The van der Waals surface area contributed by atoms with Crippen molar-refractivity contribution in [3.8, 4) is 0 Å². The zero-order valence-corrected chi connectivity index (χ0v) is 13.8. The van der Waals surface area contributed by atoms with E-state index in [4.69, 9.17) is 9.47 Å². The van der Waals surface area contributed by atoms with Gasteiger partial charge in [-0.1, -0.05) is 17.7 Å². The first-order valence-electron chi connectivity index (χ1n) is 7.82. The van der Waals surface area contributed by atoms with Gasteiger partial charge in [0, 0.05) is 38.9 Å². The fraction of sp³-hybridized carbons (Fsp3) is 0.529. The molecule has 1 aliphatic heterocycles. The summed E-state index contributed by atoms with van der Waals surface area (Å²) >= 11 is 0. The highest BCUT2D eigenvalue weighted by Crippen LogP contribution is 2.10. The molecular formula is C17H24N2O4. The Hall–Kier alpha value is -1.92. The van der Waals surface area contributed by atoms with E-state index >= 15 is 0 Å². The van der Waals surface area contributed by atoms with E-state index in [2.05, 4.69) is 0 Å². The Labute approximate surface area is 137 Å². The molecule has 0 aromatic heterocycles. The van der Waals surface area contributed by atoms with Gasteiger partial charge in [-0.3, -0.25) is 9.59 Å². The standard InChI is InChI=1S/C17H24N2O4/c1-14-3-5-15(6-4-14)17(21)19-9-7-18(8-10-19)16(20)13-23-12-11-22-2/h3-6H,7-13H2,1-2H3. The number of hydrogen-bond acceptors (Lipinski definition) is 4. The summed E-state index contributed by atoms with van der Waals surface area (Å²) in [5.74, 6) is -0.0167. The SMILES string of the molecule is COCCOCC(=O)N1CCN(C(=O)c2ccc(C)cc2)CC1. The fourth-order valence-electron chi connectivity index (χ4n) is 2.43. The molecule has 0 atom stereocenters. The molecule has 0 bridgehead atoms. The van der Waals surface area contributed by atoms with Crippen molar-refractivity contribution >= 4 is 11.8 Å². The highest BCUT2D eigenvalue weighted by atomic mass is 16.5. The van der Waals surface area contributed by atoms with Crippen molar-refractivity contribution < 1.29 is 19.1 Å². The number of aryl methyl sites for hydroxylation is 1. The van der Waals surface area contributed by atoms with Crippen molar-refractivity contribution in [3.63, 3.8) is 0 Å². The maximum Gasteiger partial charge on any atom is 0.253 e. The summed E-state index contributed by atoms with van der Waals surface area (Å²) in [6.07, 6.45) is 0. The van der Waals surface area contributed by atoms with E-state index in [1.165, 1.54) is 0 Å². The Balaban J connectivity index is 1.78. The predicted octanol–water partition coefficient (Wildman–Crippen LogP) is 0.942. The molecule has 0 aliphatic carbocycles. The first kappa shape index (κ1) is 17.4. The molecule has 1 aliphatic rings. The summed E-state index contributed by atoms with van der Waals surface area (Å²) in [5, 5.41) is 0. The second-order valence-corrected chi connectivity index (χ2v) is 5.58. The third kappa shape index (κ3) is 5.04. The van der Waals surface area contributed by atoms with Gasteiger partial charge >= 0.3 is 0 Å². The van der Waals surface area contributed by atoms with Crippen LogP contribution in [0.4, 0.5) is 0 Å². The molecule has 1 saturated heterocycles. The normalized spacial score (nSPS) is 14.9. The van der Waals surface area contributed by atoms with Crippen LogP contribution in [-0.4, -0.2) is 74.7 Å². The van der Waals surface area contributed by atoms with Crippen LogP contribution in [0.5, 0.6) is 0 Å². The number of carbonyl (C=O) groups is 2. The Morgan fingerprint density at radius 2 is 1.61 bits per heavy atom. The molecule has 0 unspecified atom stereocenters. The number of nitrogens with zero attached hydrogens (tertiary/aromatic N) is 2. The largest absolute Gasteiger partial charge is 0.382 e. The van der Waals surface area contributed by atoms with Gasteiger partial charge in [-0.2, -0.15) is 0 Å². The minimum atomic E-state index is -0.0384. The molecule has 1 heterocycles. The lowest BCUT2D eigenvalue weighted by atomic mass is 10.1. The second kappa shape index (κ2) is 8.64. The number of carbonyl (C=O) groups excluding carboxylic acids is 2. The summed E-state index contributed by atoms with van der Waals surface area (Å²) < 4.78 is 10.1. The first-order chi connectivity index (χ1) is 11.1. The third-order valence-electron chi connectivity index (χ3n) is 3.88. The van der Waals surface area contributed by atoms with Gasteiger partial charge in [0.05, 0.1) is 13.2 Å². The van der Waals surface area contributed by atoms with Gasteiger partial charge in [0.1, 0.15) is 6.61 Å². The van der Waals surface area contributed by atoms with Crippen LogP contribution < -0.4 is 0 Å². The predicted molar refractivity (Wildman–Crippen MR) is 86.4 cm³/mol. The molecule has 23 heavy (non-hydrogen) atoms. The zero-order chi connectivity index (χ0) is 16.7. The highest BCUT2D eigenvalue weighted by molar-refractivity contribution is 5.94. The van der Waals surface area contributed by atoms with Crippen LogP contribution >= 0.6 is 0 Å². The van der Waals surface area contributed by atoms with Gasteiger partial charge in [0.2, 0.25) is 5.91 Å². The average molecular weight is 320 g/mol. The molecule has 1 aromatic carbocycles. The molecule has 6 heteroatoms. The monoisotopic (exact) mass is 320 g/mol. The number of rotatable bonds is 6. The third-order valence-corrected chi connectivity index (χ3v) is 3.88. The Morgan fingerprint density at radius 3 is 2.22 bits per heavy atom. The van der Waals surface area contributed by atoms with Crippen LogP contribution in [0.25, 0.3) is 0 Å². The Bertz CT molecular complexity index is 522. The van der Waals surface area contributed by atoms with Crippen LogP contribution in [0.1, 0.15) is 15.9 Å². The van der Waals surface area contributed by atoms with Gasteiger partial charge in [-0.25, -0.2) is 0 Å². The van der Waals surface area contributed by atoms with Crippen molar-refractivity contribution in [2.24, 2.45) is 0 Å². The summed E-state index contributed by atoms with van der Waals surface area (Å²) in [7, 11) is 1.59. The average Bonchev–Trinajstić information content (AvgIpc) is 2.59. The Kier molecular flexibility index (Phi) is 6.55. The molecule has 0 spiro atoms. The molecule has 0 saturated carbocycles. The van der Waals surface area contributed by atoms with Crippen LogP contribution in [0.15, 0.2) is 24.3 Å². The zero-order valence-electron chi connectivity index (χ0n) is 13.8. The number of benzene rings is 1. The second-order valence-electron chi connectivity index (χ2n) is 5.58. The number of amides is 2. The van der Waals surface area contributed by atoms with Crippen LogP contribution in [0.3, 0.4) is 0 Å². The quantitative estimate of drug-likeness (QED) is 0.732. The number of hydrogen-bond donors (Lipinski definition) is 0. The molecule has 6 nitrogen and oxygen atoms in total. The fourth-order valence-corrected chi connectivity index (χ4v) is 2.43. The molecule has 1 fully saturated rings. The lowest BCUT2D eigenvalue weighted by molar-refractivity contribution is -0.138. The molecule has 126 valence electrons. The number of piperazine rings is 1. The van der Waals surface area contributed by atoms with Gasteiger partial charge in [-0.05, 0) is 19.1 Å². The smallest absolute Gasteiger partial charge is 0.253 e. The summed E-state index contributed by atoms with van der Waals surface area (Å²) in [6.45, 7) is 5.14. The molecule has 2 amide bonds. The lowest BCUT2D eigenvalue weighted by Gasteiger charge is -2.34. The van der Waals surface area contributed by atoms with E-state index in [1.54, 1.807) is 16.9 Å². The molecule has 0 N–H and O–H groups in total. The topological polar surface area (TPSA) is 59.1 Å². The van der Waals surface area contributed by atoms with Gasteiger partial charge < -0.3 is 19.3 Å². The van der Waals surface area contributed by atoms with E-state index < -0.39 is 0 Å². The molecule has 0 radical (unpaired) electrons. The molecule has 2 rings (SSSR count). The van der Waals surface area contributed by atoms with E-state index in [9.17, 15) is 9.59 Å². The van der Waals surface area contributed by atoms with Gasteiger partial charge in [-0.15, -0.1) is 0 Å². The Morgan fingerprint density at radius 1 is 1.00 bits per heavy atom. The van der Waals surface area contributed by atoms with E-state index in [0.29, 0.717) is 45.0 Å². The van der Waals surface area contributed by atoms with Crippen molar-refractivity contribution in [3.05, 3.63) is 35.4 Å². The van der Waals surface area contributed by atoms with Crippen LogP contribution in [-0.2, 0) is 14.3 Å². The first-order valence-corrected chi connectivity index (χ1v) is 7.82. The van der Waals surface area contributed by atoms with Gasteiger partial charge in [0.25, 0.3) is 5.91 Å². The number of ether oxygens (including phenoxy) is 2. The van der Waals surface area contributed by atoms with E-state index in [0.717, 1.165) is 5.56 Å². The van der Waals surface area contributed by atoms with E-state index in [-0.39, 0.29) is 18.4 Å². The van der Waals surface area contributed by atoms with Crippen LogP contribution in [0, 0.1) is 6.92 Å². The van der Waals surface area contributed by atoms with Crippen molar-refractivity contribution in [1.29, 1.82) is 0 Å². The lowest BCUT2D eigenvalue weighted by Crippen LogP contribution is -2.51. The van der Waals surface area contributed by atoms with Crippen LogP contribution in [0.2, 0.25) is 0 Å². The summed E-state index contributed by atoms with van der Waals surface area (Å²) in [5.41, 5.74) is 1.82. The summed E-state index contributed by atoms with van der Waals surface area (Å²) in [6, 6.07) is 7.56.